The lowest BCUT2D eigenvalue weighted by Crippen LogP contribution is -2.49. The average molecular weight is 601 g/mol. The molecule has 0 aromatic heterocycles. The Balaban J connectivity index is 1.70. The molecular weight excluding hydrogens is 552 g/mol. The molecule has 5 atom stereocenters. The quantitative estimate of drug-likeness (QED) is 0.283. The highest BCUT2D eigenvalue weighted by molar-refractivity contribution is 5.94. The number of carbonyl (C=O) groups is 2. The van der Waals surface area contributed by atoms with Crippen molar-refractivity contribution in [2.75, 3.05) is 0 Å². The molecule has 3 aromatic rings. The minimum atomic E-state index is -1.01. The highest BCUT2D eigenvalue weighted by Gasteiger charge is 2.45. The highest BCUT2D eigenvalue weighted by atomic mass is 16.6. The summed E-state index contributed by atoms with van der Waals surface area (Å²) < 4.78 is 5.75. The maximum absolute atomic E-state index is 14.6. The van der Waals surface area contributed by atoms with Gasteiger partial charge in [-0.3, -0.25) is 4.79 Å². The number of hydrogen-bond donors (Lipinski definition) is 3. The van der Waals surface area contributed by atoms with Crippen molar-refractivity contribution in [3.63, 3.8) is 0 Å². The second kappa shape index (κ2) is 13.6. The van der Waals surface area contributed by atoms with Gasteiger partial charge in [-0.05, 0) is 73.3 Å². The van der Waals surface area contributed by atoms with Crippen LogP contribution < -0.4 is 5.73 Å². The van der Waals surface area contributed by atoms with Gasteiger partial charge in [-0.2, -0.15) is 0 Å². The summed E-state index contributed by atoms with van der Waals surface area (Å²) in [7, 11) is 0. The van der Waals surface area contributed by atoms with E-state index in [-0.39, 0.29) is 18.3 Å². The molecule has 0 spiro atoms. The number of hydrogen-bond acceptors (Lipinski definition) is 6. The Kier molecular flexibility index (Phi) is 10.3. The highest BCUT2D eigenvalue weighted by Crippen LogP contribution is 2.38. The molecule has 1 aliphatic carbocycles. The number of benzene rings is 3. The van der Waals surface area contributed by atoms with Crippen molar-refractivity contribution in [1.82, 2.24) is 4.90 Å². The minimum Gasteiger partial charge on any atom is -0.443 e. The topological polar surface area (TPSA) is 113 Å². The second-order valence-corrected chi connectivity index (χ2v) is 14.1. The van der Waals surface area contributed by atoms with E-state index in [1.54, 1.807) is 20.8 Å². The van der Waals surface area contributed by atoms with Crippen molar-refractivity contribution in [2.24, 2.45) is 11.7 Å². The van der Waals surface area contributed by atoms with Crippen LogP contribution in [0.15, 0.2) is 78.9 Å². The van der Waals surface area contributed by atoms with Gasteiger partial charge in [-0.25, -0.2) is 9.69 Å². The Labute approximate surface area is 262 Å². The molecule has 0 saturated carbocycles. The third-order valence-corrected chi connectivity index (χ3v) is 8.26. The van der Waals surface area contributed by atoms with Gasteiger partial charge >= 0.3 is 6.09 Å². The van der Waals surface area contributed by atoms with E-state index < -0.39 is 47.8 Å². The van der Waals surface area contributed by atoms with Gasteiger partial charge in [-0.1, -0.05) is 99.6 Å². The third-order valence-electron chi connectivity index (χ3n) is 8.26. The van der Waals surface area contributed by atoms with Crippen LogP contribution in [-0.2, 0) is 34.2 Å². The molecule has 44 heavy (non-hydrogen) atoms. The van der Waals surface area contributed by atoms with Crippen LogP contribution in [0.5, 0.6) is 0 Å². The second-order valence-electron chi connectivity index (χ2n) is 14.1. The average Bonchev–Trinajstić information content (AvgIpc) is 3.27. The number of aliphatic hydroxyl groups excluding tert-OH is 2. The SMILES string of the molecule is CC(C)(C)OC(=O)N(C(=O)[C@H](Cc1ccc(C(C)(C)C)cc1)C[C@H](O)[C@@H](N)Cc1ccccc1)[C@H]1c2ccccc2C[C@H]1O. The van der Waals surface area contributed by atoms with E-state index in [4.69, 9.17) is 10.5 Å². The number of aliphatic hydroxyl groups is 2. The minimum absolute atomic E-state index is 0.0341. The number of carbonyl (C=O) groups excluding carboxylic acids is 2. The lowest BCUT2D eigenvalue weighted by molar-refractivity contribution is -0.140. The van der Waals surface area contributed by atoms with Crippen LogP contribution >= 0.6 is 0 Å². The molecule has 0 bridgehead atoms. The monoisotopic (exact) mass is 600 g/mol. The van der Waals surface area contributed by atoms with E-state index in [2.05, 4.69) is 32.9 Å². The van der Waals surface area contributed by atoms with E-state index >= 15 is 0 Å². The normalized spacial score (nSPS) is 18.7. The molecule has 2 amide bonds. The van der Waals surface area contributed by atoms with Crippen molar-refractivity contribution in [2.45, 2.75) is 103 Å². The smallest absolute Gasteiger partial charge is 0.417 e. The number of fused-ring (bicyclic) bond motifs is 1. The number of nitrogens with zero attached hydrogens (tertiary/aromatic N) is 1. The molecule has 4 N–H and O–H groups in total. The molecule has 236 valence electrons. The van der Waals surface area contributed by atoms with E-state index in [0.717, 1.165) is 27.2 Å². The molecule has 0 saturated heterocycles. The molecule has 1 aliphatic rings. The molecule has 0 aliphatic heterocycles. The molecule has 7 heteroatoms. The van der Waals surface area contributed by atoms with Crippen molar-refractivity contribution in [3.05, 3.63) is 107 Å². The van der Waals surface area contributed by atoms with Gasteiger partial charge in [0, 0.05) is 18.4 Å². The first-order valence-corrected chi connectivity index (χ1v) is 15.5. The number of amides is 2. The van der Waals surface area contributed by atoms with Crippen LogP contribution in [-0.4, -0.2) is 51.0 Å². The van der Waals surface area contributed by atoms with E-state index in [9.17, 15) is 19.8 Å². The fourth-order valence-electron chi connectivity index (χ4n) is 5.90. The first kappa shape index (κ1) is 33.4. The predicted molar refractivity (Wildman–Crippen MR) is 173 cm³/mol. The van der Waals surface area contributed by atoms with Crippen LogP contribution in [0.4, 0.5) is 4.79 Å². The van der Waals surface area contributed by atoms with Gasteiger partial charge in [0.05, 0.1) is 18.2 Å². The van der Waals surface area contributed by atoms with Crippen LogP contribution in [0.1, 0.15) is 81.8 Å². The Hall–Kier alpha value is -3.52. The van der Waals surface area contributed by atoms with Crippen LogP contribution in [0, 0.1) is 5.92 Å². The standard InChI is InChI=1S/C37H48N2O5/c1-36(2,3)28-18-16-25(17-19-28)20-27(23-31(40)30(38)21-24-12-8-7-9-13-24)34(42)39(35(43)44-37(4,5)6)33-29-15-11-10-14-26(29)22-32(33)41/h7-19,27,30-33,40-41H,20-23,38H2,1-6H3/t27-,30+,31+,32-,33+/m1/s1. The summed E-state index contributed by atoms with van der Waals surface area (Å²) in [6, 6.07) is 23.7. The molecule has 0 unspecified atom stereocenters. The van der Waals surface area contributed by atoms with E-state index in [1.165, 1.54) is 0 Å². The number of rotatable bonds is 9. The third kappa shape index (κ3) is 8.35. The molecule has 4 rings (SSSR count). The summed E-state index contributed by atoms with van der Waals surface area (Å²) in [6.45, 7) is 11.7. The van der Waals surface area contributed by atoms with Gasteiger partial charge in [0.2, 0.25) is 5.91 Å². The maximum atomic E-state index is 14.6. The van der Waals surface area contributed by atoms with Gasteiger partial charge < -0.3 is 20.7 Å². The van der Waals surface area contributed by atoms with Crippen LogP contribution in [0.25, 0.3) is 0 Å². The summed E-state index contributed by atoms with van der Waals surface area (Å²) in [6.07, 6.45) is -1.75. The molecule has 3 aromatic carbocycles. The Morgan fingerprint density at radius 1 is 0.886 bits per heavy atom. The molecule has 7 nitrogen and oxygen atoms in total. The van der Waals surface area contributed by atoms with E-state index in [0.29, 0.717) is 18.4 Å². The first-order chi connectivity index (χ1) is 20.6. The van der Waals surface area contributed by atoms with Gasteiger partial charge in [0.1, 0.15) is 5.60 Å². The Bertz CT molecular complexity index is 1410. The number of ether oxygens (including phenoxy) is 1. The van der Waals surface area contributed by atoms with E-state index in [1.807, 2.05) is 66.7 Å². The molecule has 0 radical (unpaired) electrons. The number of imide groups is 1. The van der Waals surface area contributed by atoms with Gasteiger partial charge in [0.25, 0.3) is 0 Å². The summed E-state index contributed by atoms with van der Waals surface area (Å²) in [5, 5.41) is 22.6. The van der Waals surface area contributed by atoms with Crippen molar-refractivity contribution in [1.29, 1.82) is 0 Å². The summed E-state index contributed by atoms with van der Waals surface area (Å²) in [5.41, 5.74) is 10.2. The molecule has 0 heterocycles. The molecule has 0 fully saturated rings. The zero-order valence-electron chi connectivity index (χ0n) is 26.9. The van der Waals surface area contributed by atoms with Crippen molar-refractivity contribution in [3.8, 4) is 0 Å². The van der Waals surface area contributed by atoms with Crippen molar-refractivity contribution < 1.29 is 24.5 Å². The largest absolute Gasteiger partial charge is 0.443 e. The van der Waals surface area contributed by atoms with Gasteiger partial charge in [0.15, 0.2) is 0 Å². The zero-order valence-corrected chi connectivity index (χ0v) is 26.9. The fraction of sp³-hybridized carbons (Fsp3) is 0.459. The predicted octanol–water partition coefficient (Wildman–Crippen LogP) is 5.89. The van der Waals surface area contributed by atoms with Crippen LogP contribution in [0.2, 0.25) is 0 Å². The Morgan fingerprint density at radius 3 is 2.09 bits per heavy atom. The molecular formula is C37H48N2O5. The first-order valence-electron chi connectivity index (χ1n) is 15.5. The van der Waals surface area contributed by atoms with Crippen LogP contribution in [0.3, 0.4) is 0 Å². The summed E-state index contributed by atoms with van der Waals surface area (Å²) in [4.78, 5) is 29.5. The van der Waals surface area contributed by atoms with Crippen molar-refractivity contribution >= 4 is 12.0 Å². The fourth-order valence-corrected chi connectivity index (χ4v) is 5.90. The van der Waals surface area contributed by atoms with Gasteiger partial charge in [-0.15, -0.1) is 0 Å². The lowest BCUT2D eigenvalue weighted by Gasteiger charge is -2.35. The maximum Gasteiger partial charge on any atom is 0.417 e. The number of nitrogens with two attached hydrogens (primary N) is 1. The Morgan fingerprint density at radius 2 is 1.48 bits per heavy atom. The summed E-state index contributed by atoms with van der Waals surface area (Å²) in [5.74, 6) is -1.31. The lowest BCUT2D eigenvalue weighted by atomic mass is 9.84. The zero-order chi connectivity index (χ0) is 32.2. The summed E-state index contributed by atoms with van der Waals surface area (Å²) >= 11 is 0.